The number of aromatic nitrogens is 2. The molecule has 3 rings (SSSR count). The molecule has 27 heavy (non-hydrogen) atoms. The number of carbonyl (C=O) groups excluding carboxylic acids is 2. The number of nitrogens with one attached hydrogen (secondary N) is 1. The Morgan fingerprint density at radius 1 is 1.15 bits per heavy atom. The second-order valence-corrected chi connectivity index (χ2v) is 6.95. The standard InChI is InChI=1S/C21H28N4O2/c1-3-13-22-19(26)15-24(14-4-2)21(27)20-17-11-8-12-18(17)25(23-20)16-9-6-5-7-10-16/h5-7,9-10H,3-4,8,11-15H2,1-2H3,(H,22,26). The van der Waals surface area contributed by atoms with Crippen LogP contribution in [0.4, 0.5) is 0 Å². The molecule has 1 aromatic carbocycles. The summed E-state index contributed by atoms with van der Waals surface area (Å²) in [5.74, 6) is -0.255. The van der Waals surface area contributed by atoms with Crippen LogP contribution in [-0.2, 0) is 17.6 Å². The van der Waals surface area contributed by atoms with Gasteiger partial charge in [-0.05, 0) is 44.2 Å². The fraction of sp³-hybridized carbons (Fsp3) is 0.476. The third-order valence-electron chi connectivity index (χ3n) is 4.82. The second-order valence-electron chi connectivity index (χ2n) is 6.95. The van der Waals surface area contributed by atoms with E-state index in [4.69, 9.17) is 0 Å². The highest BCUT2D eigenvalue weighted by atomic mass is 16.2. The van der Waals surface area contributed by atoms with E-state index in [-0.39, 0.29) is 18.4 Å². The van der Waals surface area contributed by atoms with E-state index in [0.29, 0.717) is 18.8 Å². The highest BCUT2D eigenvalue weighted by Crippen LogP contribution is 2.28. The second kappa shape index (κ2) is 8.84. The molecule has 1 aliphatic rings. The van der Waals surface area contributed by atoms with Gasteiger partial charge in [0.2, 0.25) is 5.91 Å². The number of hydrogen-bond acceptors (Lipinski definition) is 3. The normalized spacial score (nSPS) is 12.7. The summed E-state index contributed by atoms with van der Waals surface area (Å²) in [4.78, 5) is 27.0. The molecule has 144 valence electrons. The van der Waals surface area contributed by atoms with E-state index in [1.807, 2.05) is 48.9 Å². The van der Waals surface area contributed by atoms with Crippen LogP contribution in [-0.4, -0.2) is 46.1 Å². The topological polar surface area (TPSA) is 67.2 Å². The van der Waals surface area contributed by atoms with Crippen molar-refractivity contribution in [1.82, 2.24) is 20.0 Å². The van der Waals surface area contributed by atoms with Crippen molar-refractivity contribution in [2.45, 2.75) is 46.0 Å². The van der Waals surface area contributed by atoms with Gasteiger partial charge < -0.3 is 10.2 Å². The Kier molecular flexibility index (Phi) is 6.27. The predicted octanol–water partition coefficient (Wildman–Crippen LogP) is 2.74. The van der Waals surface area contributed by atoms with E-state index < -0.39 is 0 Å². The zero-order valence-corrected chi connectivity index (χ0v) is 16.2. The van der Waals surface area contributed by atoms with E-state index in [9.17, 15) is 9.59 Å². The summed E-state index contributed by atoms with van der Waals surface area (Å²) in [5, 5.41) is 7.52. The summed E-state index contributed by atoms with van der Waals surface area (Å²) < 4.78 is 1.90. The lowest BCUT2D eigenvalue weighted by atomic mass is 10.1. The number of hydrogen-bond donors (Lipinski definition) is 1. The zero-order chi connectivity index (χ0) is 19.2. The van der Waals surface area contributed by atoms with Crippen molar-refractivity contribution in [3.8, 4) is 5.69 Å². The van der Waals surface area contributed by atoms with E-state index in [1.54, 1.807) is 4.90 Å². The average Bonchev–Trinajstić information content (AvgIpc) is 3.29. The molecule has 1 aliphatic carbocycles. The number of carbonyl (C=O) groups is 2. The Balaban J connectivity index is 1.87. The third-order valence-corrected chi connectivity index (χ3v) is 4.82. The Labute approximate surface area is 160 Å². The molecule has 0 spiro atoms. The molecule has 0 saturated carbocycles. The monoisotopic (exact) mass is 368 g/mol. The molecule has 0 aliphatic heterocycles. The smallest absolute Gasteiger partial charge is 0.275 e. The molecule has 1 aromatic heterocycles. The highest BCUT2D eigenvalue weighted by molar-refractivity contribution is 5.96. The summed E-state index contributed by atoms with van der Waals surface area (Å²) in [6, 6.07) is 9.92. The van der Waals surface area contributed by atoms with Crippen LogP contribution in [0.1, 0.15) is 54.9 Å². The Bertz CT molecular complexity index is 798. The van der Waals surface area contributed by atoms with Gasteiger partial charge in [0.15, 0.2) is 5.69 Å². The third kappa shape index (κ3) is 4.21. The van der Waals surface area contributed by atoms with Gasteiger partial charge in [0.25, 0.3) is 5.91 Å². The largest absolute Gasteiger partial charge is 0.355 e. The van der Waals surface area contributed by atoms with Gasteiger partial charge in [-0.15, -0.1) is 0 Å². The van der Waals surface area contributed by atoms with Gasteiger partial charge in [-0.2, -0.15) is 5.10 Å². The van der Waals surface area contributed by atoms with Crippen LogP contribution in [0.15, 0.2) is 30.3 Å². The molecule has 6 nitrogen and oxygen atoms in total. The summed E-state index contributed by atoms with van der Waals surface area (Å²) in [5.41, 5.74) is 3.64. The minimum atomic E-state index is -0.142. The molecule has 6 heteroatoms. The van der Waals surface area contributed by atoms with Crippen LogP contribution in [0, 0.1) is 0 Å². The quantitative estimate of drug-likeness (QED) is 0.779. The molecule has 0 radical (unpaired) electrons. The van der Waals surface area contributed by atoms with Gasteiger partial charge in [0.05, 0.1) is 12.2 Å². The van der Waals surface area contributed by atoms with Gasteiger partial charge in [-0.3, -0.25) is 9.59 Å². The molecule has 0 unspecified atom stereocenters. The van der Waals surface area contributed by atoms with Gasteiger partial charge >= 0.3 is 0 Å². The van der Waals surface area contributed by atoms with Gasteiger partial charge in [0.1, 0.15) is 0 Å². The molecule has 2 amide bonds. The number of nitrogens with zero attached hydrogens (tertiary/aromatic N) is 3. The Morgan fingerprint density at radius 3 is 2.63 bits per heavy atom. The first-order chi connectivity index (χ1) is 13.2. The predicted molar refractivity (Wildman–Crippen MR) is 105 cm³/mol. The number of benzene rings is 1. The minimum absolute atomic E-state index is 0.0830. The van der Waals surface area contributed by atoms with Gasteiger partial charge in [0, 0.05) is 24.3 Å². The fourth-order valence-electron chi connectivity index (χ4n) is 3.56. The van der Waals surface area contributed by atoms with Crippen molar-refractivity contribution < 1.29 is 9.59 Å². The van der Waals surface area contributed by atoms with Crippen molar-refractivity contribution in [3.63, 3.8) is 0 Å². The van der Waals surface area contributed by atoms with Crippen LogP contribution in [0.3, 0.4) is 0 Å². The first kappa shape index (κ1) is 19.1. The van der Waals surface area contributed by atoms with Crippen molar-refractivity contribution in [3.05, 3.63) is 47.3 Å². The molecule has 1 heterocycles. The van der Waals surface area contributed by atoms with E-state index >= 15 is 0 Å². The molecule has 0 bridgehead atoms. The maximum atomic E-state index is 13.2. The van der Waals surface area contributed by atoms with Crippen LogP contribution in [0.25, 0.3) is 5.69 Å². The average molecular weight is 368 g/mol. The van der Waals surface area contributed by atoms with Crippen molar-refractivity contribution in [2.24, 2.45) is 0 Å². The molecular weight excluding hydrogens is 340 g/mol. The maximum absolute atomic E-state index is 13.2. The van der Waals surface area contributed by atoms with Crippen molar-refractivity contribution in [2.75, 3.05) is 19.6 Å². The summed E-state index contributed by atoms with van der Waals surface area (Å²) >= 11 is 0. The summed E-state index contributed by atoms with van der Waals surface area (Å²) in [7, 11) is 0. The van der Waals surface area contributed by atoms with Crippen LogP contribution < -0.4 is 5.32 Å². The lowest BCUT2D eigenvalue weighted by Crippen LogP contribution is -2.41. The van der Waals surface area contributed by atoms with Crippen LogP contribution >= 0.6 is 0 Å². The Hall–Kier alpha value is -2.63. The SMILES string of the molecule is CCCNC(=O)CN(CCC)C(=O)c1nn(-c2ccccc2)c2c1CCC2. The van der Waals surface area contributed by atoms with E-state index in [0.717, 1.165) is 49.0 Å². The van der Waals surface area contributed by atoms with Crippen LogP contribution in [0.5, 0.6) is 0 Å². The van der Waals surface area contributed by atoms with E-state index in [1.165, 1.54) is 0 Å². The first-order valence-electron chi connectivity index (χ1n) is 9.87. The molecule has 0 fully saturated rings. The zero-order valence-electron chi connectivity index (χ0n) is 16.2. The number of rotatable bonds is 8. The van der Waals surface area contributed by atoms with Gasteiger partial charge in [-0.1, -0.05) is 32.0 Å². The molecule has 0 saturated heterocycles. The fourth-order valence-corrected chi connectivity index (χ4v) is 3.56. The van der Waals surface area contributed by atoms with E-state index in [2.05, 4.69) is 10.4 Å². The summed E-state index contributed by atoms with van der Waals surface area (Å²) in [6.07, 6.45) is 4.50. The summed E-state index contributed by atoms with van der Waals surface area (Å²) in [6.45, 7) is 5.28. The van der Waals surface area contributed by atoms with Crippen molar-refractivity contribution in [1.29, 1.82) is 0 Å². The van der Waals surface area contributed by atoms with Crippen molar-refractivity contribution >= 4 is 11.8 Å². The minimum Gasteiger partial charge on any atom is -0.355 e. The van der Waals surface area contributed by atoms with Gasteiger partial charge in [-0.25, -0.2) is 4.68 Å². The molecule has 0 atom stereocenters. The number of fused-ring (bicyclic) bond motifs is 1. The lowest BCUT2D eigenvalue weighted by molar-refractivity contribution is -0.121. The molecule has 2 aromatic rings. The Morgan fingerprint density at radius 2 is 1.93 bits per heavy atom. The maximum Gasteiger partial charge on any atom is 0.275 e. The number of para-hydroxylation sites is 1. The molecule has 1 N–H and O–H groups in total. The lowest BCUT2D eigenvalue weighted by Gasteiger charge is -2.21. The molecular formula is C21H28N4O2. The first-order valence-corrected chi connectivity index (χ1v) is 9.87. The highest BCUT2D eigenvalue weighted by Gasteiger charge is 2.30. The number of amides is 2. The van der Waals surface area contributed by atoms with Crippen LogP contribution in [0.2, 0.25) is 0 Å².